The van der Waals surface area contributed by atoms with Crippen molar-refractivity contribution in [1.82, 2.24) is 65.3 Å². The average molecular weight is 1120 g/mol. The zero-order valence-corrected chi connectivity index (χ0v) is 46.5. The topological polar surface area (TPSA) is 278 Å². The van der Waals surface area contributed by atoms with Crippen LogP contribution in [0.15, 0.2) is 106 Å². The summed E-state index contributed by atoms with van der Waals surface area (Å²) in [6.45, 7) is 10.4. The van der Waals surface area contributed by atoms with E-state index in [1.165, 1.54) is 0 Å². The highest BCUT2D eigenvalue weighted by molar-refractivity contribution is 6.18. The lowest BCUT2D eigenvalue weighted by molar-refractivity contribution is 0.0683. The second-order valence-corrected chi connectivity index (χ2v) is 19.8. The van der Waals surface area contributed by atoms with Gasteiger partial charge in [0.2, 0.25) is 11.6 Å². The third kappa shape index (κ3) is 11.6. The number of aryl methyl sites for hydroxylation is 4. The summed E-state index contributed by atoms with van der Waals surface area (Å²) in [7, 11) is 11.2. The number of carbonyl (C=O) groups is 2. The van der Waals surface area contributed by atoms with Gasteiger partial charge < -0.3 is 54.4 Å². The van der Waals surface area contributed by atoms with E-state index in [9.17, 15) is 14.7 Å². The predicted octanol–water partition coefficient (Wildman–Crippen LogP) is 11.0. The molecule has 8 heterocycles. The molecule has 0 aliphatic rings. The Kier molecular flexibility index (Phi) is 17.9. The van der Waals surface area contributed by atoms with Crippen LogP contribution in [0.3, 0.4) is 0 Å². The van der Waals surface area contributed by atoms with Gasteiger partial charge in [-0.3, -0.25) is 14.8 Å². The lowest BCUT2D eigenvalue weighted by Gasteiger charge is -2.12. The molecule has 0 saturated heterocycles. The standard InChI is InChI=1S/C30H29N7O3.C26H19N5O4.C4H12N2.2CH4/c1-16-25(17(2)40-36-16)21-14-23-20(15-24(21)39-5)26-27(19-10-11-31-22-9-7-6-8-18(19)22)34-29(35-28(26)33-23)30(38)32-12-13-37(3)4;1-12-21(13(2)35-31-12)17-10-19-16(11-20(17)34-3)22-23(29-25(26(32)33)30-24(22)28-19)15-8-9-27-18-7-5-4-6-14(15)18;1-6(2)4-3-5;;/h6-11,14-15H,12-13H2,1-5H3,(H,32,38)(H,33,34,35);4-11H,1-3H3,(H,32,33)(H,28,29,30);3-5H2,1-2H3;2*1H4. The molecule has 0 unspecified atom stereocenters. The molecule has 0 spiro atoms. The third-order valence-corrected chi connectivity index (χ3v) is 13.8. The number of nitrogens with one attached hydrogen (secondary N) is 3. The first-order chi connectivity index (χ1) is 39.1. The minimum atomic E-state index is -1.21. The van der Waals surface area contributed by atoms with Gasteiger partial charge in [0.15, 0.2) is 0 Å². The van der Waals surface area contributed by atoms with Crippen LogP contribution < -0.4 is 20.5 Å². The molecule has 21 heteroatoms. The summed E-state index contributed by atoms with van der Waals surface area (Å²) >= 11 is 0. The van der Waals surface area contributed by atoms with Crippen molar-refractivity contribution in [1.29, 1.82) is 0 Å². The number of aromatic carboxylic acids is 1. The number of benzene rings is 4. The van der Waals surface area contributed by atoms with Gasteiger partial charge >= 0.3 is 5.97 Å². The van der Waals surface area contributed by atoms with Crippen molar-refractivity contribution in [2.24, 2.45) is 5.73 Å². The normalized spacial score (nSPS) is 11.2. The molecule has 8 aromatic heterocycles. The Labute approximate surface area is 479 Å². The van der Waals surface area contributed by atoms with E-state index in [4.69, 9.17) is 29.2 Å². The monoisotopic (exact) mass is 1120 g/mol. The first kappa shape index (κ1) is 59.4. The molecule has 6 N–H and O–H groups in total. The molecule has 4 aromatic carbocycles. The van der Waals surface area contributed by atoms with Crippen molar-refractivity contribution in [3.63, 3.8) is 0 Å². The van der Waals surface area contributed by atoms with E-state index in [1.54, 1.807) is 26.6 Å². The van der Waals surface area contributed by atoms with Crippen molar-refractivity contribution in [3.05, 3.63) is 132 Å². The summed E-state index contributed by atoms with van der Waals surface area (Å²) < 4.78 is 22.4. The molecule has 0 aliphatic carbocycles. The summed E-state index contributed by atoms with van der Waals surface area (Å²) in [5.74, 6) is 0.916. The van der Waals surface area contributed by atoms with Gasteiger partial charge in [-0.25, -0.2) is 24.7 Å². The van der Waals surface area contributed by atoms with Gasteiger partial charge in [-0.15, -0.1) is 0 Å². The number of likely N-dealkylation sites (N-methyl/N-ethyl adjacent to an activating group) is 2. The molecule has 12 rings (SSSR count). The van der Waals surface area contributed by atoms with Crippen molar-refractivity contribution >= 4 is 77.6 Å². The van der Waals surface area contributed by atoms with Crippen LogP contribution in [0.5, 0.6) is 11.5 Å². The number of nitrogens with two attached hydrogens (primary N) is 1. The SMILES string of the molecule is C.C.CN(C)CCN.COc1cc2c(cc1-c1c(C)noc1C)[nH]c1nc(C(=O)NCCN(C)C)nc(-c3ccnc4ccccc34)c12.COc1cc2c(cc1-c1c(C)noc1C)[nH]c1nc(C(=O)O)nc(-c3ccnc4ccccc34)c12. The number of methoxy groups -OCH3 is 2. The van der Waals surface area contributed by atoms with Crippen molar-refractivity contribution < 1.29 is 33.2 Å². The van der Waals surface area contributed by atoms with Crippen LogP contribution in [0.1, 0.15) is 59.0 Å². The number of hydrogen-bond acceptors (Lipinski definition) is 17. The Morgan fingerprint density at radius 1 is 0.602 bits per heavy atom. The number of rotatable bonds is 13. The number of H-pyrrole nitrogens is 2. The Bertz CT molecular complexity index is 4300. The van der Waals surface area contributed by atoms with Crippen molar-refractivity contribution in [3.8, 4) is 56.3 Å². The maximum atomic E-state index is 13.2. The number of amides is 1. The minimum absolute atomic E-state index is 0. The second kappa shape index (κ2) is 25.0. The van der Waals surface area contributed by atoms with Crippen molar-refractivity contribution in [2.75, 3.05) is 68.6 Å². The Morgan fingerprint density at radius 3 is 1.45 bits per heavy atom. The van der Waals surface area contributed by atoms with Gasteiger partial charge in [0.1, 0.15) is 34.3 Å². The van der Waals surface area contributed by atoms with E-state index < -0.39 is 5.97 Å². The van der Waals surface area contributed by atoms with Gasteiger partial charge in [-0.1, -0.05) is 61.6 Å². The Hall–Kier alpha value is -9.70. The lowest BCUT2D eigenvalue weighted by atomic mass is 9.99. The maximum absolute atomic E-state index is 13.2. The number of para-hydroxylation sites is 2. The summed E-state index contributed by atoms with van der Waals surface area (Å²) in [6.07, 6.45) is 3.45. The largest absolute Gasteiger partial charge is 0.496 e. The number of carboxylic acid groups (broad SMARTS) is 1. The number of carbonyl (C=O) groups excluding carboxylic acids is 1. The fourth-order valence-corrected chi connectivity index (χ4v) is 10.0. The quantitative estimate of drug-likeness (QED) is 0.0717. The van der Waals surface area contributed by atoms with E-state index in [0.717, 1.165) is 107 Å². The number of ether oxygens (including phenoxy) is 2. The summed E-state index contributed by atoms with van der Waals surface area (Å²) in [5, 5.41) is 25.8. The van der Waals surface area contributed by atoms with Gasteiger partial charge in [-0.2, -0.15) is 0 Å². The van der Waals surface area contributed by atoms with E-state index in [1.807, 2.05) is 146 Å². The first-order valence-electron chi connectivity index (χ1n) is 26.0. The number of carboxylic acids is 1. The van der Waals surface area contributed by atoms with E-state index >= 15 is 0 Å². The van der Waals surface area contributed by atoms with E-state index in [0.29, 0.717) is 64.2 Å². The highest BCUT2D eigenvalue weighted by atomic mass is 16.5. The smallest absolute Gasteiger partial charge is 0.374 e. The fourth-order valence-electron chi connectivity index (χ4n) is 10.0. The number of hydrogen-bond donors (Lipinski definition) is 5. The van der Waals surface area contributed by atoms with Crippen LogP contribution in [0.2, 0.25) is 0 Å². The Morgan fingerprint density at radius 2 is 1.05 bits per heavy atom. The zero-order chi connectivity index (χ0) is 57.2. The number of nitrogens with zero attached hydrogens (tertiary/aromatic N) is 10. The molecule has 0 bridgehead atoms. The number of aromatic nitrogens is 10. The van der Waals surface area contributed by atoms with Gasteiger partial charge in [0.05, 0.1) is 69.9 Å². The minimum Gasteiger partial charge on any atom is -0.496 e. The molecule has 21 nitrogen and oxygen atoms in total. The lowest BCUT2D eigenvalue weighted by Crippen LogP contribution is -2.32. The van der Waals surface area contributed by atoms with Gasteiger partial charge in [0.25, 0.3) is 5.91 Å². The fraction of sp³-hybridized carbons (Fsp3) is 0.258. The molecule has 12 aromatic rings. The predicted molar refractivity (Wildman–Crippen MR) is 326 cm³/mol. The number of fused-ring (bicyclic) bond motifs is 8. The number of aromatic amines is 2. The second-order valence-electron chi connectivity index (χ2n) is 19.8. The molecule has 0 saturated carbocycles. The zero-order valence-electron chi connectivity index (χ0n) is 46.5. The Balaban J connectivity index is 0.000000194. The van der Waals surface area contributed by atoms with Crippen LogP contribution in [0, 0.1) is 27.7 Å². The molecule has 0 atom stereocenters. The molecular formula is C62H68N14O7. The summed E-state index contributed by atoms with van der Waals surface area (Å²) in [4.78, 5) is 63.2. The molecule has 83 heavy (non-hydrogen) atoms. The number of pyridine rings is 2. The molecule has 0 aliphatic heterocycles. The average Bonchev–Trinajstić information content (AvgIpc) is 2.25. The van der Waals surface area contributed by atoms with Gasteiger partial charge in [-0.05, 0) is 104 Å². The van der Waals surface area contributed by atoms with Crippen LogP contribution in [0.4, 0.5) is 0 Å². The van der Waals surface area contributed by atoms with Crippen LogP contribution >= 0.6 is 0 Å². The maximum Gasteiger partial charge on any atom is 0.374 e. The highest BCUT2D eigenvalue weighted by Crippen LogP contribution is 2.44. The van der Waals surface area contributed by atoms with Crippen LogP contribution in [-0.4, -0.2) is 146 Å². The molecular weight excluding hydrogens is 1050 g/mol. The molecule has 1 amide bonds. The van der Waals surface area contributed by atoms with E-state index in [2.05, 4.69) is 55.4 Å². The van der Waals surface area contributed by atoms with E-state index in [-0.39, 0.29) is 32.4 Å². The first-order valence-corrected chi connectivity index (χ1v) is 26.0. The highest BCUT2D eigenvalue weighted by Gasteiger charge is 2.26. The van der Waals surface area contributed by atoms with Crippen LogP contribution in [-0.2, 0) is 0 Å². The van der Waals surface area contributed by atoms with Crippen LogP contribution in [0.25, 0.3) is 110 Å². The van der Waals surface area contributed by atoms with Crippen molar-refractivity contribution in [2.45, 2.75) is 42.5 Å². The third-order valence-electron chi connectivity index (χ3n) is 13.8. The molecule has 0 fully saturated rings. The van der Waals surface area contributed by atoms with Gasteiger partial charge in [0, 0.05) is 93.4 Å². The molecule has 428 valence electrons. The summed E-state index contributed by atoms with van der Waals surface area (Å²) in [6, 6.07) is 27.1. The summed E-state index contributed by atoms with van der Waals surface area (Å²) in [5.41, 5.74) is 17.0. The molecule has 0 radical (unpaired) electrons.